The Bertz CT molecular complexity index is 920. The zero-order valence-corrected chi connectivity index (χ0v) is 23.0. The molecule has 0 spiro atoms. The second-order valence-electron chi connectivity index (χ2n) is 10.8. The van der Waals surface area contributed by atoms with Crippen LogP contribution in [0.2, 0.25) is 0 Å². The van der Waals surface area contributed by atoms with Gasteiger partial charge in [-0.1, -0.05) is 93.8 Å². The van der Waals surface area contributed by atoms with E-state index < -0.39 is 5.60 Å². The molecular weight excluding hydrogens is 458 g/mol. The lowest BCUT2D eigenvalue weighted by Crippen LogP contribution is -2.56. The summed E-state index contributed by atoms with van der Waals surface area (Å²) >= 11 is 0. The van der Waals surface area contributed by atoms with Gasteiger partial charge in [-0.2, -0.15) is 0 Å². The molecule has 2 aromatic rings. The molecule has 4 rings (SSSR count). The Hall–Kier alpha value is -2.21. The molecule has 37 heavy (non-hydrogen) atoms. The number of carbonyl (C=O) groups excluding carboxylic acids is 1. The van der Waals surface area contributed by atoms with Gasteiger partial charge in [0, 0.05) is 38.1 Å². The first kappa shape index (κ1) is 27.8. The van der Waals surface area contributed by atoms with Crippen LogP contribution >= 0.6 is 0 Å². The number of likely N-dealkylation sites (tertiary alicyclic amines) is 1. The molecule has 0 aromatic heterocycles. The zero-order chi connectivity index (χ0) is 25.9. The second kappa shape index (κ2) is 14.1. The number of benzene rings is 2. The van der Waals surface area contributed by atoms with Crippen molar-refractivity contribution in [2.75, 3.05) is 39.3 Å². The predicted molar refractivity (Wildman–Crippen MR) is 151 cm³/mol. The molecule has 1 aliphatic carbocycles. The lowest BCUT2D eigenvalue weighted by Gasteiger charge is -2.43. The van der Waals surface area contributed by atoms with Crippen molar-refractivity contribution in [1.29, 1.82) is 0 Å². The zero-order valence-electron chi connectivity index (χ0n) is 23.0. The van der Waals surface area contributed by atoms with Gasteiger partial charge in [-0.05, 0) is 49.9 Å². The van der Waals surface area contributed by atoms with Crippen LogP contribution in [0.3, 0.4) is 0 Å². The predicted octanol–water partition coefficient (Wildman–Crippen LogP) is 5.60. The fraction of sp³-hybridized carbons (Fsp3) is 0.594. The van der Waals surface area contributed by atoms with Crippen molar-refractivity contribution in [2.45, 2.75) is 77.0 Å². The molecule has 1 aliphatic heterocycles. The van der Waals surface area contributed by atoms with E-state index in [0.29, 0.717) is 6.61 Å². The fourth-order valence-corrected chi connectivity index (χ4v) is 6.26. The van der Waals surface area contributed by atoms with Gasteiger partial charge in [0.25, 0.3) is 5.91 Å². The van der Waals surface area contributed by atoms with Crippen LogP contribution in [0.4, 0.5) is 0 Å². The molecule has 2 aliphatic rings. The molecule has 0 radical (unpaired) electrons. The molecule has 1 atom stereocenters. The summed E-state index contributed by atoms with van der Waals surface area (Å²) in [5, 5.41) is 3.50. The molecular formula is C32H47N3O2. The van der Waals surface area contributed by atoms with E-state index in [1.807, 2.05) is 6.07 Å². The molecule has 1 saturated carbocycles. The number of ether oxygens (including phenoxy) is 1. The minimum absolute atomic E-state index is 0.0756. The van der Waals surface area contributed by atoms with Crippen LogP contribution in [0.25, 0.3) is 0 Å². The first-order valence-electron chi connectivity index (χ1n) is 14.6. The van der Waals surface area contributed by atoms with E-state index in [-0.39, 0.29) is 17.9 Å². The van der Waals surface area contributed by atoms with Crippen LogP contribution in [-0.2, 0) is 21.7 Å². The van der Waals surface area contributed by atoms with Crippen LogP contribution in [0.5, 0.6) is 0 Å². The average molecular weight is 506 g/mol. The van der Waals surface area contributed by atoms with Gasteiger partial charge in [-0.25, -0.2) is 0 Å². The molecule has 1 saturated heterocycles. The van der Waals surface area contributed by atoms with Crippen molar-refractivity contribution in [3.8, 4) is 0 Å². The van der Waals surface area contributed by atoms with E-state index in [1.165, 1.54) is 24.8 Å². The number of piperidine rings is 1. The van der Waals surface area contributed by atoms with Crippen LogP contribution < -0.4 is 5.32 Å². The monoisotopic (exact) mass is 505 g/mol. The highest BCUT2D eigenvalue weighted by Crippen LogP contribution is 2.43. The summed E-state index contributed by atoms with van der Waals surface area (Å²) in [5.41, 5.74) is 1.45. The van der Waals surface area contributed by atoms with Crippen LogP contribution in [0, 0.1) is 5.92 Å². The van der Waals surface area contributed by atoms with E-state index in [9.17, 15) is 4.79 Å². The lowest BCUT2D eigenvalue weighted by atomic mass is 9.72. The molecule has 1 N–H and O–H groups in total. The number of amides is 1. The summed E-state index contributed by atoms with van der Waals surface area (Å²) in [4.78, 5) is 19.2. The maximum absolute atomic E-state index is 14.4. The summed E-state index contributed by atoms with van der Waals surface area (Å²) in [5.74, 6) is 0.283. The molecule has 1 amide bonds. The standard InChI is InChI=1S/C32H47N3O2/c1-3-34(4-2)24-25-37-32(28-16-10-6-11-17-28,29-18-12-7-13-19-29)31(36)33-30-20-22-35(23-21-30)26-27-14-8-5-9-15-27/h5-6,8-11,14-17,29-30H,3-4,7,12-13,18-26H2,1-2H3,(H,33,36). The van der Waals surface area contributed by atoms with Gasteiger partial charge in [-0.3, -0.25) is 9.69 Å². The van der Waals surface area contributed by atoms with Crippen molar-refractivity contribution in [3.05, 3.63) is 71.8 Å². The topological polar surface area (TPSA) is 44.8 Å². The third kappa shape index (κ3) is 7.22. The fourth-order valence-electron chi connectivity index (χ4n) is 6.26. The first-order chi connectivity index (χ1) is 18.2. The maximum atomic E-state index is 14.4. The van der Waals surface area contributed by atoms with Gasteiger partial charge in [0.15, 0.2) is 5.60 Å². The van der Waals surface area contributed by atoms with Gasteiger partial charge in [-0.15, -0.1) is 0 Å². The van der Waals surface area contributed by atoms with Gasteiger partial charge in [0.2, 0.25) is 0 Å². The Balaban J connectivity index is 1.49. The first-order valence-corrected chi connectivity index (χ1v) is 14.6. The number of hydrogen-bond donors (Lipinski definition) is 1. The smallest absolute Gasteiger partial charge is 0.257 e. The number of nitrogens with zero attached hydrogens (tertiary/aromatic N) is 2. The Morgan fingerprint density at radius 2 is 1.54 bits per heavy atom. The number of hydrogen-bond acceptors (Lipinski definition) is 4. The van der Waals surface area contributed by atoms with E-state index in [4.69, 9.17) is 4.74 Å². The minimum atomic E-state index is -0.921. The van der Waals surface area contributed by atoms with Gasteiger partial charge in [0.05, 0.1) is 6.61 Å². The van der Waals surface area contributed by atoms with Gasteiger partial charge < -0.3 is 15.0 Å². The Morgan fingerprint density at radius 3 is 2.16 bits per heavy atom. The van der Waals surface area contributed by atoms with Crippen LogP contribution in [-0.4, -0.2) is 61.1 Å². The van der Waals surface area contributed by atoms with Crippen molar-refractivity contribution >= 4 is 5.91 Å². The highest BCUT2D eigenvalue weighted by atomic mass is 16.5. The van der Waals surface area contributed by atoms with E-state index in [1.54, 1.807) is 0 Å². The number of carbonyl (C=O) groups is 1. The molecule has 1 heterocycles. The summed E-state index contributed by atoms with van der Waals surface area (Å²) in [6.07, 6.45) is 7.64. The van der Waals surface area contributed by atoms with Crippen molar-refractivity contribution in [1.82, 2.24) is 15.1 Å². The normalized spacial score (nSPS) is 19.5. The minimum Gasteiger partial charge on any atom is -0.359 e. The summed E-state index contributed by atoms with van der Waals surface area (Å²) in [6, 6.07) is 21.2. The van der Waals surface area contributed by atoms with Gasteiger partial charge >= 0.3 is 0 Å². The quantitative estimate of drug-likeness (QED) is 0.408. The Kier molecular flexibility index (Phi) is 10.6. The number of rotatable bonds is 12. The summed E-state index contributed by atoms with van der Waals surface area (Å²) in [6.45, 7) is 10.8. The Labute approximate surface area is 224 Å². The molecule has 2 aromatic carbocycles. The maximum Gasteiger partial charge on any atom is 0.257 e. The number of nitrogens with one attached hydrogen (secondary N) is 1. The average Bonchev–Trinajstić information content (AvgIpc) is 2.96. The SMILES string of the molecule is CCN(CC)CCOC(C(=O)NC1CCN(Cc2ccccc2)CC1)(c1ccccc1)C1CCCCC1. The molecule has 202 valence electrons. The van der Waals surface area contributed by atoms with Crippen molar-refractivity contribution in [2.24, 2.45) is 5.92 Å². The van der Waals surface area contributed by atoms with Crippen LogP contribution in [0.15, 0.2) is 60.7 Å². The highest BCUT2D eigenvalue weighted by molar-refractivity contribution is 5.87. The van der Waals surface area contributed by atoms with E-state index >= 15 is 0 Å². The second-order valence-corrected chi connectivity index (χ2v) is 10.8. The van der Waals surface area contributed by atoms with Crippen molar-refractivity contribution < 1.29 is 9.53 Å². The third-order valence-corrected chi connectivity index (χ3v) is 8.52. The molecule has 5 heteroatoms. The molecule has 5 nitrogen and oxygen atoms in total. The lowest BCUT2D eigenvalue weighted by molar-refractivity contribution is -0.163. The molecule has 1 unspecified atom stereocenters. The van der Waals surface area contributed by atoms with E-state index in [0.717, 1.165) is 70.5 Å². The third-order valence-electron chi connectivity index (χ3n) is 8.52. The summed E-state index contributed by atoms with van der Waals surface area (Å²) in [7, 11) is 0. The van der Waals surface area contributed by atoms with Crippen molar-refractivity contribution in [3.63, 3.8) is 0 Å². The van der Waals surface area contributed by atoms with Crippen LogP contribution in [0.1, 0.15) is 69.9 Å². The van der Waals surface area contributed by atoms with Gasteiger partial charge in [0.1, 0.15) is 0 Å². The highest BCUT2D eigenvalue weighted by Gasteiger charge is 2.49. The molecule has 0 bridgehead atoms. The summed E-state index contributed by atoms with van der Waals surface area (Å²) < 4.78 is 6.83. The number of likely N-dealkylation sites (N-methyl/N-ethyl adjacent to an activating group) is 1. The molecule has 2 fully saturated rings. The largest absolute Gasteiger partial charge is 0.359 e. The Morgan fingerprint density at radius 1 is 0.919 bits per heavy atom. The van der Waals surface area contributed by atoms with E-state index in [2.05, 4.69) is 83.6 Å².